The Morgan fingerprint density at radius 3 is 2.40 bits per heavy atom. The van der Waals surface area contributed by atoms with Gasteiger partial charge in [0.2, 0.25) is 5.89 Å². The highest BCUT2D eigenvalue weighted by atomic mass is 16.4. The fraction of sp³-hybridized carbons (Fsp3) is 0.0526. The Hall–Kier alpha value is -3.54. The number of pyridine rings is 2. The van der Waals surface area contributed by atoms with Crippen molar-refractivity contribution in [1.82, 2.24) is 20.2 Å². The van der Waals surface area contributed by atoms with Crippen molar-refractivity contribution in [2.24, 2.45) is 0 Å². The van der Waals surface area contributed by atoms with Crippen molar-refractivity contribution in [3.8, 4) is 22.9 Å². The number of nitrogens with one attached hydrogen (secondary N) is 1. The topological polar surface area (TPSA) is 76.7 Å². The molecule has 0 radical (unpaired) electrons. The fourth-order valence-electron chi connectivity index (χ4n) is 2.43. The number of benzene rings is 1. The van der Waals surface area contributed by atoms with E-state index in [1.54, 1.807) is 12.4 Å². The maximum absolute atomic E-state index is 5.83. The van der Waals surface area contributed by atoms with Crippen LogP contribution in [0.1, 0.15) is 5.69 Å². The van der Waals surface area contributed by atoms with Crippen LogP contribution in [0.4, 0.5) is 5.82 Å². The zero-order chi connectivity index (χ0) is 16.9. The molecule has 25 heavy (non-hydrogen) atoms. The highest BCUT2D eigenvalue weighted by Gasteiger charge is 2.14. The number of nitrogens with zero attached hydrogens (tertiary/aromatic N) is 4. The second kappa shape index (κ2) is 6.92. The SMILES string of the molecule is c1ccc(-c2nnc(-c3cccnc3NCc3ccccn3)o2)cc1. The minimum Gasteiger partial charge on any atom is -0.416 e. The van der Waals surface area contributed by atoms with E-state index in [0.717, 1.165) is 16.8 Å². The average Bonchev–Trinajstić information content (AvgIpc) is 3.18. The molecule has 0 amide bonds. The van der Waals surface area contributed by atoms with Crippen molar-refractivity contribution in [2.45, 2.75) is 6.54 Å². The van der Waals surface area contributed by atoms with E-state index in [2.05, 4.69) is 25.5 Å². The van der Waals surface area contributed by atoms with Crippen molar-refractivity contribution in [3.05, 3.63) is 78.8 Å². The minimum atomic E-state index is 0.426. The first-order valence-corrected chi connectivity index (χ1v) is 7.88. The molecular weight excluding hydrogens is 314 g/mol. The van der Waals surface area contributed by atoms with Crippen LogP contribution in [0.5, 0.6) is 0 Å². The van der Waals surface area contributed by atoms with Crippen molar-refractivity contribution >= 4 is 5.82 Å². The van der Waals surface area contributed by atoms with Crippen molar-refractivity contribution in [1.29, 1.82) is 0 Å². The predicted octanol–water partition coefficient (Wildman–Crippen LogP) is 3.81. The van der Waals surface area contributed by atoms with Gasteiger partial charge in [-0.25, -0.2) is 4.98 Å². The van der Waals surface area contributed by atoms with Crippen LogP contribution < -0.4 is 5.32 Å². The molecule has 0 saturated heterocycles. The first-order valence-electron chi connectivity index (χ1n) is 7.88. The van der Waals surface area contributed by atoms with E-state index in [-0.39, 0.29) is 0 Å². The summed E-state index contributed by atoms with van der Waals surface area (Å²) in [6.07, 6.45) is 3.49. The van der Waals surface area contributed by atoms with E-state index in [1.807, 2.05) is 60.7 Å². The summed E-state index contributed by atoms with van der Waals surface area (Å²) in [5, 5.41) is 11.6. The molecule has 0 unspecified atom stereocenters. The smallest absolute Gasteiger partial charge is 0.251 e. The Morgan fingerprint density at radius 1 is 0.760 bits per heavy atom. The quantitative estimate of drug-likeness (QED) is 0.600. The molecular formula is C19H15N5O. The van der Waals surface area contributed by atoms with Crippen LogP contribution in [-0.2, 0) is 6.54 Å². The van der Waals surface area contributed by atoms with Gasteiger partial charge in [-0.2, -0.15) is 0 Å². The number of anilines is 1. The van der Waals surface area contributed by atoms with Crippen LogP contribution >= 0.6 is 0 Å². The maximum Gasteiger partial charge on any atom is 0.251 e. The number of aromatic nitrogens is 4. The molecule has 0 aliphatic heterocycles. The lowest BCUT2D eigenvalue weighted by Crippen LogP contribution is -2.04. The van der Waals surface area contributed by atoms with Gasteiger partial charge < -0.3 is 9.73 Å². The summed E-state index contributed by atoms with van der Waals surface area (Å²) >= 11 is 0. The lowest BCUT2D eigenvalue weighted by Gasteiger charge is -2.07. The molecule has 0 saturated carbocycles. The fourth-order valence-corrected chi connectivity index (χ4v) is 2.43. The molecule has 0 fully saturated rings. The summed E-state index contributed by atoms with van der Waals surface area (Å²) in [6, 6.07) is 19.2. The molecule has 4 aromatic rings. The standard InChI is InChI=1S/C19H15N5O/c1-2-7-14(8-3-1)18-23-24-19(25-18)16-10-6-12-21-17(16)22-13-15-9-4-5-11-20-15/h1-12H,13H2,(H,21,22). The Kier molecular flexibility index (Phi) is 4.16. The van der Waals surface area contributed by atoms with Crippen molar-refractivity contribution in [3.63, 3.8) is 0 Å². The van der Waals surface area contributed by atoms with Crippen molar-refractivity contribution < 1.29 is 4.42 Å². The maximum atomic E-state index is 5.83. The number of hydrogen-bond donors (Lipinski definition) is 1. The molecule has 4 rings (SSSR count). The molecule has 3 heterocycles. The van der Waals surface area contributed by atoms with Gasteiger partial charge in [0.15, 0.2) is 0 Å². The van der Waals surface area contributed by atoms with E-state index in [1.165, 1.54) is 0 Å². The second-order valence-electron chi connectivity index (χ2n) is 5.35. The summed E-state index contributed by atoms with van der Waals surface area (Å²) in [7, 11) is 0. The van der Waals surface area contributed by atoms with Gasteiger partial charge in [0.25, 0.3) is 5.89 Å². The monoisotopic (exact) mass is 329 g/mol. The molecule has 0 aliphatic rings. The van der Waals surface area contributed by atoms with E-state index >= 15 is 0 Å². The Bertz CT molecular complexity index is 954. The van der Waals surface area contributed by atoms with E-state index in [9.17, 15) is 0 Å². The van der Waals surface area contributed by atoms with Gasteiger partial charge >= 0.3 is 0 Å². The molecule has 0 aliphatic carbocycles. The van der Waals surface area contributed by atoms with Crippen LogP contribution in [0, 0.1) is 0 Å². The Labute approximate surface area is 144 Å². The third-order valence-corrected chi connectivity index (χ3v) is 3.65. The molecule has 0 atom stereocenters. The largest absolute Gasteiger partial charge is 0.416 e. The van der Waals surface area contributed by atoms with Gasteiger partial charge in [0.1, 0.15) is 5.82 Å². The molecule has 0 bridgehead atoms. The van der Waals surface area contributed by atoms with Gasteiger partial charge in [-0.15, -0.1) is 10.2 Å². The molecule has 1 aromatic carbocycles. The van der Waals surface area contributed by atoms with Crippen LogP contribution in [0.2, 0.25) is 0 Å². The number of rotatable bonds is 5. The van der Waals surface area contributed by atoms with Crippen LogP contribution in [-0.4, -0.2) is 20.2 Å². The summed E-state index contributed by atoms with van der Waals surface area (Å²) in [6.45, 7) is 0.560. The van der Waals surface area contributed by atoms with Gasteiger partial charge in [0.05, 0.1) is 17.8 Å². The molecule has 122 valence electrons. The molecule has 6 heteroatoms. The lowest BCUT2D eigenvalue weighted by molar-refractivity contribution is 0.584. The van der Waals surface area contributed by atoms with Crippen LogP contribution in [0.25, 0.3) is 22.9 Å². The molecule has 6 nitrogen and oxygen atoms in total. The van der Waals surface area contributed by atoms with Gasteiger partial charge in [0, 0.05) is 18.0 Å². The Morgan fingerprint density at radius 2 is 1.56 bits per heavy atom. The van der Waals surface area contributed by atoms with E-state index in [4.69, 9.17) is 4.42 Å². The third-order valence-electron chi connectivity index (χ3n) is 3.65. The molecule has 0 spiro atoms. The van der Waals surface area contributed by atoms with Gasteiger partial charge in [-0.1, -0.05) is 24.3 Å². The highest BCUT2D eigenvalue weighted by molar-refractivity contribution is 5.69. The normalized spacial score (nSPS) is 10.6. The summed E-state index contributed by atoms with van der Waals surface area (Å²) in [4.78, 5) is 8.68. The summed E-state index contributed by atoms with van der Waals surface area (Å²) in [5.74, 6) is 1.59. The lowest BCUT2D eigenvalue weighted by atomic mass is 10.2. The van der Waals surface area contributed by atoms with E-state index in [0.29, 0.717) is 24.1 Å². The zero-order valence-electron chi connectivity index (χ0n) is 13.3. The Balaban J connectivity index is 1.60. The van der Waals surface area contributed by atoms with Crippen LogP contribution in [0.3, 0.4) is 0 Å². The molecule has 1 N–H and O–H groups in total. The highest BCUT2D eigenvalue weighted by Crippen LogP contribution is 2.28. The second-order valence-corrected chi connectivity index (χ2v) is 5.35. The average molecular weight is 329 g/mol. The zero-order valence-corrected chi connectivity index (χ0v) is 13.3. The summed E-state index contributed by atoms with van der Waals surface area (Å²) in [5.41, 5.74) is 2.57. The van der Waals surface area contributed by atoms with Gasteiger partial charge in [-0.05, 0) is 36.4 Å². The van der Waals surface area contributed by atoms with Crippen LogP contribution in [0.15, 0.2) is 77.5 Å². The third kappa shape index (κ3) is 3.37. The minimum absolute atomic E-state index is 0.426. The first kappa shape index (κ1) is 15.0. The first-order chi connectivity index (χ1) is 12.4. The summed E-state index contributed by atoms with van der Waals surface area (Å²) < 4.78 is 5.83. The number of hydrogen-bond acceptors (Lipinski definition) is 6. The predicted molar refractivity (Wildman–Crippen MR) is 94.5 cm³/mol. The molecule has 3 aromatic heterocycles. The van der Waals surface area contributed by atoms with Crippen molar-refractivity contribution in [2.75, 3.05) is 5.32 Å². The van der Waals surface area contributed by atoms with E-state index < -0.39 is 0 Å². The van der Waals surface area contributed by atoms with Gasteiger partial charge in [-0.3, -0.25) is 4.98 Å².